The second-order valence-electron chi connectivity index (χ2n) is 9.39. The van der Waals surface area contributed by atoms with Gasteiger partial charge in [0.2, 0.25) is 11.8 Å². The Hall–Kier alpha value is -4.20. The van der Waals surface area contributed by atoms with E-state index in [0.717, 1.165) is 28.8 Å². The Kier molecular flexibility index (Phi) is 8.51. The highest BCUT2D eigenvalue weighted by Gasteiger charge is 2.32. The summed E-state index contributed by atoms with van der Waals surface area (Å²) in [6.07, 6.45) is 0.852. The van der Waals surface area contributed by atoms with Crippen LogP contribution in [0.3, 0.4) is 0 Å². The van der Waals surface area contributed by atoms with Crippen LogP contribution in [0.4, 0.5) is 0 Å². The molecular weight excluding hydrogens is 466 g/mol. The standard InChI is InChI=1S/C29H33N5O3/c1-21(2)17-18-30-29(36)28(23-9-5-4-6-10-23)33(19-22-13-15-24(37-3)16-14-22)27(35)20-34-26-12-8-7-11-25(26)31-32-34/h4-16,21,28H,17-20H2,1-3H3,(H,30,36)/t28-/m0/s1. The van der Waals surface area contributed by atoms with Gasteiger partial charge in [0.25, 0.3) is 0 Å². The van der Waals surface area contributed by atoms with Gasteiger partial charge in [-0.2, -0.15) is 0 Å². The van der Waals surface area contributed by atoms with Crippen molar-refractivity contribution in [3.05, 3.63) is 90.0 Å². The number of hydrogen-bond donors (Lipinski definition) is 1. The molecule has 2 amide bonds. The van der Waals surface area contributed by atoms with Crippen molar-refractivity contribution in [2.24, 2.45) is 5.92 Å². The summed E-state index contributed by atoms with van der Waals surface area (Å²) < 4.78 is 6.87. The van der Waals surface area contributed by atoms with Gasteiger partial charge in [0, 0.05) is 13.1 Å². The minimum absolute atomic E-state index is 0.0424. The quantitative estimate of drug-likeness (QED) is 0.331. The summed E-state index contributed by atoms with van der Waals surface area (Å²) in [7, 11) is 1.61. The van der Waals surface area contributed by atoms with Crippen LogP contribution in [-0.2, 0) is 22.7 Å². The van der Waals surface area contributed by atoms with Crippen LogP contribution >= 0.6 is 0 Å². The molecule has 0 spiro atoms. The summed E-state index contributed by atoms with van der Waals surface area (Å²) in [5.74, 6) is 0.728. The average Bonchev–Trinajstić information content (AvgIpc) is 3.31. The molecule has 3 aromatic carbocycles. The first kappa shape index (κ1) is 25.9. The van der Waals surface area contributed by atoms with Crippen molar-refractivity contribution in [1.29, 1.82) is 0 Å². The third-order valence-corrected chi connectivity index (χ3v) is 6.23. The zero-order valence-corrected chi connectivity index (χ0v) is 21.5. The first-order valence-electron chi connectivity index (χ1n) is 12.5. The van der Waals surface area contributed by atoms with Crippen molar-refractivity contribution >= 4 is 22.8 Å². The minimum atomic E-state index is -0.808. The van der Waals surface area contributed by atoms with Crippen molar-refractivity contribution in [2.75, 3.05) is 13.7 Å². The van der Waals surface area contributed by atoms with Gasteiger partial charge in [-0.15, -0.1) is 5.10 Å². The number of para-hydroxylation sites is 1. The molecular formula is C29H33N5O3. The maximum Gasteiger partial charge on any atom is 0.247 e. The summed E-state index contributed by atoms with van der Waals surface area (Å²) in [4.78, 5) is 29.2. The Morgan fingerprint density at radius 1 is 0.973 bits per heavy atom. The molecule has 0 saturated heterocycles. The summed E-state index contributed by atoms with van der Waals surface area (Å²) in [6.45, 7) is 4.97. The molecule has 0 aliphatic heterocycles. The molecule has 0 aliphatic rings. The second-order valence-corrected chi connectivity index (χ2v) is 9.39. The van der Waals surface area contributed by atoms with Gasteiger partial charge < -0.3 is 15.0 Å². The van der Waals surface area contributed by atoms with Gasteiger partial charge in [-0.1, -0.05) is 73.7 Å². The number of ether oxygens (including phenoxy) is 1. The number of benzene rings is 3. The Morgan fingerprint density at radius 2 is 1.68 bits per heavy atom. The van der Waals surface area contributed by atoms with E-state index in [4.69, 9.17) is 4.74 Å². The van der Waals surface area contributed by atoms with Crippen LogP contribution in [-0.4, -0.2) is 45.4 Å². The number of methoxy groups -OCH3 is 1. The van der Waals surface area contributed by atoms with Crippen LogP contribution in [0.25, 0.3) is 11.0 Å². The molecule has 37 heavy (non-hydrogen) atoms. The smallest absolute Gasteiger partial charge is 0.247 e. The number of amides is 2. The molecule has 8 heteroatoms. The zero-order valence-electron chi connectivity index (χ0n) is 21.5. The van der Waals surface area contributed by atoms with Gasteiger partial charge in [0.15, 0.2) is 0 Å². The number of aromatic nitrogens is 3. The van der Waals surface area contributed by atoms with Crippen LogP contribution in [0.15, 0.2) is 78.9 Å². The number of fused-ring (bicyclic) bond motifs is 1. The van der Waals surface area contributed by atoms with Gasteiger partial charge in [0.05, 0.1) is 12.6 Å². The molecule has 192 valence electrons. The van der Waals surface area contributed by atoms with E-state index in [2.05, 4.69) is 29.5 Å². The van der Waals surface area contributed by atoms with E-state index >= 15 is 0 Å². The van der Waals surface area contributed by atoms with E-state index in [1.807, 2.05) is 78.9 Å². The molecule has 1 heterocycles. The van der Waals surface area contributed by atoms with E-state index in [1.54, 1.807) is 16.7 Å². The molecule has 1 N–H and O–H groups in total. The van der Waals surface area contributed by atoms with Crippen molar-refractivity contribution in [1.82, 2.24) is 25.2 Å². The van der Waals surface area contributed by atoms with Crippen molar-refractivity contribution in [2.45, 2.75) is 39.4 Å². The van der Waals surface area contributed by atoms with Crippen molar-refractivity contribution < 1.29 is 14.3 Å². The fourth-order valence-electron chi connectivity index (χ4n) is 4.19. The topological polar surface area (TPSA) is 89.3 Å². The van der Waals surface area contributed by atoms with Crippen LogP contribution in [0, 0.1) is 5.92 Å². The SMILES string of the molecule is COc1ccc(CN(C(=O)Cn2nnc3ccccc32)[C@H](C(=O)NCCC(C)C)c2ccccc2)cc1. The third kappa shape index (κ3) is 6.52. The molecule has 0 radical (unpaired) electrons. The lowest BCUT2D eigenvalue weighted by Crippen LogP contribution is -2.45. The van der Waals surface area contributed by atoms with Gasteiger partial charge in [0.1, 0.15) is 23.9 Å². The lowest BCUT2D eigenvalue weighted by Gasteiger charge is -2.32. The average molecular weight is 500 g/mol. The maximum absolute atomic E-state index is 13.9. The maximum atomic E-state index is 13.9. The lowest BCUT2D eigenvalue weighted by molar-refractivity contribution is -0.142. The van der Waals surface area contributed by atoms with Gasteiger partial charge >= 0.3 is 0 Å². The highest BCUT2D eigenvalue weighted by atomic mass is 16.5. The first-order valence-corrected chi connectivity index (χ1v) is 12.5. The summed E-state index contributed by atoms with van der Waals surface area (Å²) in [6, 6.07) is 23.6. The highest BCUT2D eigenvalue weighted by Crippen LogP contribution is 2.25. The number of carbonyl (C=O) groups is 2. The summed E-state index contributed by atoms with van der Waals surface area (Å²) >= 11 is 0. The molecule has 0 fully saturated rings. The van der Waals surface area contributed by atoms with E-state index in [-0.39, 0.29) is 24.9 Å². The molecule has 4 aromatic rings. The minimum Gasteiger partial charge on any atom is -0.497 e. The highest BCUT2D eigenvalue weighted by molar-refractivity contribution is 5.89. The number of nitrogens with zero attached hydrogens (tertiary/aromatic N) is 4. The Balaban J connectivity index is 1.69. The van der Waals surface area contributed by atoms with E-state index in [0.29, 0.717) is 18.0 Å². The molecule has 8 nitrogen and oxygen atoms in total. The fraction of sp³-hybridized carbons (Fsp3) is 0.310. The molecule has 0 bridgehead atoms. The van der Waals surface area contributed by atoms with Crippen LogP contribution in [0.2, 0.25) is 0 Å². The normalized spacial score (nSPS) is 11.9. The Labute approximate surface area is 217 Å². The van der Waals surface area contributed by atoms with Gasteiger partial charge in [-0.3, -0.25) is 9.59 Å². The Bertz CT molecular complexity index is 1320. The van der Waals surface area contributed by atoms with Gasteiger partial charge in [-0.25, -0.2) is 4.68 Å². The van der Waals surface area contributed by atoms with Gasteiger partial charge in [-0.05, 0) is 47.7 Å². The Morgan fingerprint density at radius 3 is 2.38 bits per heavy atom. The lowest BCUT2D eigenvalue weighted by atomic mass is 10.0. The first-order chi connectivity index (χ1) is 18.0. The largest absolute Gasteiger partial charge is 0.497 e. The third-order valence-electron chi connectivity index (χ3n) is 6.23. The second kappa shape index (κ2) is 12.2. The monoisotopic (exact) mass is 499 g/mol. The van der Waals surface area contributed by atoms with Crippen LogP contribution in [0.5, 0.6) is 5.75 Å². The predicted octanol–water partition coefficient (Wildman–Crippen LogP) is 4.37. The molecule has 4 rings (SSSR count). The molecule has 1 atom stereocenters. The number of hydrogen-bond acceptors (Lipinski definition) is 5. The van der Waals surface area contributed by atoms with Crippen LogP contribution in [0.1, 0.15) is 37.4 Å². The molecule has 0 aliphatic carbocycles. The van der Waals surface area contributed by atoms with E-state index < -0.39 is 6.04 Å². The van der Waals surface area contributed by atoms with Crippen LogP contribution < -0.4 is 10.1 Å². The fourth-order valence-corrected chi connectivity index (χ4v) is 4.19. The summed E-state index contributed by atoms with van der Waals surface area (Å²) in [5.41, 5.74) is 3.10. The number of rotatable bonds is 11. The molecule has 1 aromatic heterocycles. The summed E-state index contributed by atoms with van der Waals surface area (Å²) in [5, 5.41) is 11.4. The van der Waals surface area contributed by atoms with Crippen molar-refractivity contribution in [3.8, 4) is 5.75 Å². The number of carbonyl (C=O) groups excluding carboxylic acids is 2. The molecule has 0 saturated carbocycles. The molecule has 0 unspecified atom stereocenters. The predicted molar refractivity (Wildman–Crippen MR) is 143 cm³/mol. The zero-order chi connectivity index (χ0) is 26.2. The van der Waals surface area contributed by atoms with E-state index in [1.165, 1.54) is 0 Å². The van der Waals surface area contributed by atoms with E-state index in [9.17, 15) is 9.59 Å². The number of nitrogens with one attached hydrogen (secondary N) is 1. The van der Waals surface area contributed by atoms with Crippen molar-refractivity contribution in [3.63, 3.8) is 0 Å².